The van der Waals surface area contributed by atoms with Gasteiger partial charge in [-0.2, -0.15) is 0 Å². The molecule has 0 aliphatic heterocycles. The molecule has 128 valence electrons. The van der Waals surface area contributed by atoms with Crippen LogP contribution in [-0.4, -0.2) is 29.1 Å². The van der Waals surface area contributed by atoms with Crippen molar-refractivity contribution in [1.29, 1.82) is 0 Å². The van der Waals surface area contributed by atoms with E-state index in [1.807, 2.05) is 6.07 Å². The van der Waals surface area contributed by atoms with Gasteiger partial charge in [-0.1, -0.05) is 18.9 Å². The van der Waals surface area contributed by atoms with Crippen molar-refractivity contribution in [3.05, 3.63) is 40.8 Å². The van der Waals surface area contributed by atoms with E-state index in [0.29, 0.717) is 25.0 Å². The molecule has 1 fully saturated rings. The monoisotopic (exact) mass is 345 g/mol. The normalized spacial score (nSPS) is 15.8. The quantitative estimate of drug-likeness (QED) is 0.674. The van der Waals surface area contributed by atoms with E-state index in [1.165, 1.54) is 30.6 Å². The van der Waals surface area contributed by atoms with Gasteiger partial charge in [0.1, 0.15) is 0 Å². The lowest BCUT2D eigenvalue weighted by Gasteiger charge is -2.24. The average Bonchev–Trinajstić information content (AvgIpc) is 3.31. The predicted molar refractivity (Wildman–Crippen MR) is 96.1 cm³/mol. The molecule has 3 N–H and O–H groups in total. The van der Waals surface area contributed by atoms with Crippen molar-refractivity contribution in [2.75, 3.05) is 18.4 Å². The second-order valence-electron chi connectivity index (χ2n) is 5.94. The zero-order valence-corrected chi connectivity index (χ0v) is 14.4. The van der Waals surface area contributed by atoms with Crippen LogP contribution in [0.2, 0.25) is 0 Å². The molecular formula is C17H23N5OS. The van der Waals surface area contributed by atoms with Gasteiger partial charge in [-0.3, -0.25) is 0 Å². The Hall–Kier alpha value is -2.15. The van der Waals surface area contributed by atoms with E-state index < -0.39 is 0 Å². The molecule has 0 saturated heterocycles. The van der Waals surface area contributed by atoms with Crippen molar-refractivity contribution < 1.29 is 4.79 Å². The number of anilines is 1. The molecule has 2 aromatic rings. The van der Waals surface area contributed by atoms with Gasteiger partial charge < -0.3 is 16.0 Å². The van der Waals surface area contributed by atoms with Gasteiger partial charge in [-0.25, -0.2) is 14.8 Å². The lowest BCUT2D eigenvalue weighted by Crippen LogP contribution is -2.41. The van der Waals surface area contributed by atoms with Gasteiger partial charge in [0.25, 0.3) is 0 Å². The van der Waals surface area contributed by atoms with Crippen LogP contribution in [0.15, 0.2) is 36.0 Å². The van der Waals surface area contributed by atoms with Crippen LogP contribution < -0.4 is 16.0 Å². The summed E-state index contributed by atoms with van der Waals surface area (Å²) >= 11 is 1.71. The molecule has 1 atom stereocenters. The van der Waals surface area contributed by atoms with E-state index in [4.69, 9.17) is 0 Å². The van der Waals surface area contributed by atoms with Gasteiger partial charge in [0.05, 0.1) is 6.04 Å². The molecular weight excluding hydrogens is 322 g/mol. The van der Waals surface area contributed by atoms with Gasteiger partial charge in [-0.05, 0) is 36.3 Å². The summed E-state index contributed by atoms with van der Waals surface area (Å²) < 4.78 is 0. The minimum atomic E-state index is -0.115. The largest absolute Gasteiger partial charge is 0.352 e. The first-order valence-corrected chi connectivity index (χ1v) is 9.29. The Bertz CT molecular complexity index is 613. The number of hydrogen-bond donors (Lipinski definition) is 3. The summed E-state index contributed by atoms with van der Waals surface area (Å²) in [5.41, 5.74) is 0. The lowest BCUT2D eigenvalue weighted by atomic mass is 9.97. The van der Waals surface area contributed by atoms with E-state index in [-0.39, 0.29) is 12.1 Å². The molecule has 3 rings (SSSR count). The van der Waals surface area contributed by atoms with Crippen molar-refractivity contribution in [1.82, 2.24) is 20.6 Å². The van der Waals surface area contributed by atoms with Crippen molar-refractivity contribution in [3.8, 4) is 0 Å². The number of nitrogens with zero attached hydrogens (tertiary/aromatic N) is 2. The minimum absolute atomic E-state index is 0.115. The molecule has 24 heavy (non-hydrogen) atoms. The van der Waals surface area contributed by atoms with E-state index in [9.17, 15) is 4.79 Å². The summed E-state index contributed by atoms with van der Waals surface area (Å²) in [4.78, 5) is 21.6. The Balaban J connectivity index is 1.45. The summed E-state index contributed by atoms with van der Waals surface area (Å²) in [6.45, 7) is 1.11. The number of carbonyl (C=O) groups excluding carboxylic acids is 1. The topological polar surface area (TPSA) is 78.9 Å². The van der Waals surface area contributed by atoms with Crippen LogP contribution in [0.4, 0.5) is 10.7 Å². The Labute approximate surface area is 146 Å². The molecule has 0 spiro atoms. The maximum absolute atomic E-state index is 12.2. The molecule has 6 nitrogen and oxygen atoms in total. The number of carbonyl (C=O) groups is 1. The van der Waals surface area contributed by atoms with Crippen LogP contribution in [0.1, 0.15) is 36.6 Å². The summed E-state index contributed by atoms with van der Waals surface area (Å²) in [5, 5.41) is 11.2. The molecule has 0 aromatic carbocycles. The van der Waals surface area contributed by atoms with E-state index in [0.717, 1.165) is 0 Å². The molecule has 2 amide bonds. The summed E-state index contributed by atoms with van der Waals surface area (Å²) in [6.07, 6.45) is 8.27. The van der Waals surface area contributed by atoms with Crippen LogP contribution in [0.3, 0.4) is 0 Å². The Morgan fingerprint density at radius 3 is 2.71 bits per heavy atom. The molecule has 2 heterocycles. The molecule has 1 aliphatic rings. The molecule has 7 heteroatoms. The van der Waals surface area contributed by atoms with Crippen molar-refractivity contribution in [2.45, 2.75) is 31.7 Å². The number of urea groups is 1. The molecule has 0 unspecified atom stereocenters. The van der Waals surface area contributed by atoms with Gasteiger partial charge in [0.2, 0.25) is 5.95 Å². The van der Waals surface area contributed by atoms with Gasteiger partial charge in [0.15, 0.2) is 0 Å². The van der Waals surface area contributed by atoms with Crippen LogP contribution in [0.25, 0.3) is 0 Å². The highest BCUT2D eigenvalue weighted by Crippen LogP contribution is 2.37. The van der Waals surface area contributed by atoms with Crippen LogP contribution in [0, 0.1) is 5.92 Å². The third-order valence-electron chi connectivity index (χ3n) is 4.27. The van der Waals surface area contributed by atoms with E-state index in [2.05, 4.69) is 37.4 Å². The summed E-state index contributed by atoms with van der Waals surface area (Å²) in [7, 11) is 0. The third kappa shape index (κ3) is 4.67. The molecule has 1 aliphatic carbocycles. The number of amides is 2. The Morgan fingerprint density at radius 1 is 1.21 bits per heavy atom. The number of thiophene rings is 1. The number of rotatable bonds is 7. The highest BCUT2D eigenvalue weighted by atomic mass is 32.1. The zero-order chi connectivity index (χ0) is 16.6. The van der Waals surface area contributed by atoms with Gasteiger partial charge in [-0.15, -0.1) is 11.3 Å². The van der Waals surface area contributed by atoms with Crippen molar-refractivity contribution >= 4 is 23.3 Å². The molecule has 2 aromatic heterocycles. The highest BCUT2D eigenvalue weighted by Gasteiger charge is 2.28. The van der Waals surface area contributed by atoms with Crippen molar-refractivity contribution in [3.63, 3.8) is 0 Å². The van der Waals surface area contributed by atoms with Crippen LogP contribution >= 0.6 is 11.3 Å². The molecule has 1 saturated carbocycles. The Kier molecular flexibility index (Phi) is 6.01. The standard InChI is InChI=1S/C17H23N5OS/c23-17(21-11-10-20-16-18-8-4-9-19-16)22-15(13-5-1-2-6-13)14-7-3-12-24-14/h3-4,7-9,12-13,15H,1-2,5-6,10-11H2,(H,18,19,20)(H2,21,22,23)/t15-/m1/s1. The fraction of sp³-hybridized carbons (Fsp3) is 0.471. The molecule has 0 radical (unpaired) electrons. The van der Waals surface area contributed by atoms with Gasteiger partial charge >= 0.3 is 6.03 Å². The zero-order valence-electron chi connectivity index (χ0n) is 13.6. The summed E-state index contributed by atoms with van der Waals surface area (Å²) in [5.74, 6) is 1.12. The minimum Gasteiger partial charge on any atom is -0.352 e. The average molecular weight is 345 g/mol. The fourth-order valence-electron chi connectivity index (χ4n) is 3.11. The van der Waals surface area contributed by atoms with Crippen LogP contribution in [-0.2, 0) is 0 Å². The maximum atomic E-state index is 12.2. The third-order valence-corrected chi connectivity index (χ3v) is 5.22. The van der Waals surface area contributed by atoms with Crippen LogP contribution in [0.5, 0.6) is 0 Å². The first kappa shape index (κ1) is 16.7. The van der Waals surface area contributed by atoms with E-state index >= 15 is 0 Å². The number of nitrogens with one attached hydrogen (secondary N) is 3. The van der Waals surface area contributed by atoms with Crippen molar-refractivity contribution in [2.24, 2.45) is 5.92 Å². The number of hydrogen-bond acceptors (Lipinski definition) is 5. The second kappa shape index (κ2) is 8.63. The Morgan fingerprint density at radius 2 is 2.00 bits per heavy atom. The number of aromatic nitrogens is 2. The first-order valence-electron chi connectivity index (χ1n) is 8.41. The highest BCUT2D eigenvalue weighted by molar-refractivity contribution is 7.10. The fourth-order valence-corrected chi connectivity index (χ4v) is 3.98. The SMILES string of the molecule is O=C(NCCNc1ncccn1)N[C@@H](c1cccs1)C1CCCC1. The second-order valence-corrected chi connectivity index (χ2v) is 6.92. The predicted octanol–water partition coefficient (Wildman–Crippen LogP) is 3.18. The van der Waals surface area contributed by atoms with E-state index in [1.54, 1.807) is 29.8 Å². The summed E-state index contributed by atoms with van der Waals surface area (Å²) in [6, 6.07) is 5.94. The first-order chi connectivity index (χ1) is 11.8. The van der Waals surface area contributed by atoms with Gasteiger partial charge in [0, 0.05) is 30.4 Å². The maximum Gasteiger partial charge on any atom is 0.315 e. The lowest BCUT2D eigenvalue weighted by molar-refractivity contribution is 0.232. The smallest absolute Gasteiger partial charge is 0.315 e. The molecule has 0 bridgehead atoms.